The van der Waals surface area contributed by atoms with Gasteiger partial charge in [-0.2, -0.15) is 0 Å². The summed E-state index contributed by atoms with van der Waals surface area (Å²) in [6.45, 7) is 0.496. The van der Waals surface area contributed by atoms with Crippen molar-refractivity contribution in [2.24, 2.45) is 0 Å². The molecule has 3 heteroatoms. The Hall–Kier alpha value is -1.35. The molecule has 1 heterocycles. The Morgan fingerprint density at radius 1 is 1.43 bits per heavy atom. The van der Waals surface area contributed by atoms with E-state index in [0.717, 1.165) is 5.56 Å². The molecule has 0 amide bonds. The monoisotopic (exact) mass is 192 g/mol. The maximum absolute atomic E-state index is 11.2. The van der Waals surface area contributed by atoms with E-state index in [1.165, 1.54) is 12.7 Å². The smallest absolute Gasteiger partial charge is 0.335 e. The van der Waals surface area contributed by atoms with Crippen molar-refractivity contribution in [3.8, 4) is 0 Å². The standard InChI is InChI=1S/C11H12O3/c1-13-11(12)10-6-8-4-2-3-5-9(8)7-14-10/h2-5,10H,6-7H2,1H3/t10-/m1/s1. The van der Waals surface area contributed by atoms with E-state index in [-0.39, 0.29) is 5.97 Å². The van der Waals surface area contributed by atoms with Gasteiger partial charge in [0, 0.05) is 6.42 Å². The molecule has 0 radical (unpaired) electrons. The Kier molecular flexibility index (Phi) is 2.50. The van der Waals surface area contributed by atoms with Crippen LogP contribution in [-0.2, 0) is 27.3 Å². The quantitative estimate of drug-likeness (QED) is 0.629. The van der Waals surface area contributed by atoms with E-state index in [4.69, 9.17) is 4.74 Å². The van der Waals surface area contributed by atoms with Gasteiger partial charge in [-0.1, -0.05) is 24.3 Å². The normalized spacial score (nSPS) is 19.9. The lowest BCUT2D eigenvalue weighted by Crippen LogP contribution is -2.31. The number of hydrogen-bond donors (Lipinski definition) is 0. The first-order valence-corrected chi connectivity index (χ1v) is 4.57. The van der Waals surface area contributed by atoms with Gasteiger partial charge in [0.15, 0.2) is 6.10 Å². The predicted octanol–water partition coefficient (Wildman–Crippen LogP) is 1.30. The highest BCUT2D eigenvalue weighted by atomic mass is 16.6. The molecule has 0 N–H and O–H groups in total. The molecule has 0 bridgehead atoms. The fourth-order valence-corrected chi connectivity index (χ4v) is 1.63. The molecule has 0 saturated carbocycles. The number of methoxy groups -OCH3 is 1. The average molecular weight is 192 g/mol. The summed E-state index contributed by atoms with van der Waals surface area (Å²) in [4.78, 5) is 11.2. The summed E-state index contributed by atoms with van der Waals surface area (Å²) in [7, 11) is 1.38. The highest BCUT2D eigenvalue weighted by Crippen LogP contribution is 2.20. The summed E-state index contributed by atoms with van der Waals surface area (Å²) in [6.07, 6.45) is 0.179. The molecule has 1 atom stereocenters. The SMILES string of the molecule is COC(=O)[C@H]1Cc2ccccc2CO1. The van der Waals surface area contributed by atoms with Crippen LogP contribution in [-0.4, -0.2) is 19.2 Å². The third kappa shape index (κ3) is 1.63. The maximum atomic E-state index is 11.2. The van der Waals surface area contributed by atoms with Crippen LogP contribution in [0.1, 0.15) is 11.1 Å². The fraction of sp³-hybridized carbons (Fsp3) is 0.364. The Balaban J connectivity index is 2.17. The number of hydrogen-bond acceptors (Lipinski definition) is 3. The summed E-state index contributed by atoms with van der Waals surface area (Å²) in [5.41, 5.74) is 2.34. The highest BCUT2D eigenvalue weighted by molar-refractivity contribution is 5.75. The minimum atomic E-state index is -0.435. The van der Waals surface area contributed by atoms with E-state index < -0.39 is 6.10 Å². The zero-order valence-electron chi connectivity index (χ0n) is 8.03. The molecular weight excluding hydrogens is 180 g/mol. The minimum Gasteiger partial charge on any atom is -0.467 e. The van der Waals surface area contributed by atoms with Crippen molar-refractivity contribution >= 4 is 5.97 Å². The molecule has 0 aliphatic carbocycles. The van der Waals surface area contributed by atoms with E-state index in [1.807, 2.05) is 24.3 Å². The number of ether oxygens (including phenoxy) is 2. The third-order valence-electron chi connectivity index (χ3n) is 2.43. The van der Waals surface area contributed by atoms with E-state index in [9.17, 15) is 4.79 Å². The van der Waals surface area contributed by atoms with Gasteiger partial charge in [-0.25, -0.2) is 4.79 Å². The summed E-state index contributed by atoms with van der Waals surface area (Å²) >= 11 is 0. The van der Waals surface area contributed by atoms with Crippen molar-refractivity contribution in [2.45, 2.75) is 19.1 Å². The molecule has 0 unspecified atom stereocenters. The van der Waals surface area contributed by atoms with Crippen molar-refractivity contribution in [1.29, 1.82) is 0 Å². The summed E-state index contributed by atoms with van der Waals surface area (Å²) in [6, 6.07) is 7.98. The number of rotatable bonds is 1. The van der Waals surface area contributed by atoms with Gasteiger partial charge in [0.05, 0.1) is 13.7 Å². The fourth-order valence-electron chi connectivity index (χ4n) is 1.63. The Morgan fingerprint density at radius 2 is 2.14 bits per heavy atom. The molecule has 3 nitrogen and oxygen atoms in total. The first-order chi connectivity index (χ1) is 6.81. The molecule has 0 spiro atoms. The van der Waals surface area contributed by atoms with Crippen LogP contribution >= 0.6 is 0 Å². The Morgan fingerprint density at radius 3 is 2.86 bits per heavy atom. The zero-order valence-corrected chi connectivity index (χ0v) is 8.03. The molecular formula is C11H12O3. The number of carbonyl (C=O) groups is 1. The Bertz CT molecular complexity index is 346. The lowest BCUT2D eigenvalue weighted by Gasteiger charge is -2.22. The van der Waals surface area contributed by atoms with Crippen molar-refractivity contribution in [3.05, 3.63) is 35.4 Å². The van der Waals surface area contributed by atoms with E-state index in [2.05, 4.69) is 4.74 Å². The van der Waals surface area contributed by atoms with Crippen molar-refractivity contribution in [2.75, 3.05) is 7.11 Å². The summed E-state index contributed by atoms with van der Waals surface area (Å²) in [5, 5.41) is 0. The average Bonchev–Trinajstić information content (AvgIpc) is 2.27. The van der Waals surface area contributed by atoms with Crippen LogP contribution in [0.3, 0.4) is 0 Å². The third-order valence-corrected chi connectivity index (χ3v) is 2.43. The van der Waals surface area contributed by atoms with Gasteiger partial charge in [0.1, 0.15) is 0 Å². The van der Waals surface area contributed by atoms with Crippen LogP contribution in [0.15, 0.2) is 24.3 Å². The molecule has 1 aromatic carbocycles. The summed E-state index contributed by atoms with van der Waals surface area (Å²) in [5.74, 6) is -0.292. The van der Waals surface area contributed by atoms with Gasteiger partial charge in [0.2, 0.25) is 0 Å². The lowest BCUT2D eigenvalue weighted by atomic mass is 9.99. The second-order valence-electron chi connectivity index (χ2n) is 3.30. The van der Waals surface area contributed by atoms with Crippen LogP contribution in [0.2, 0.25) is 0 Å². The molecule has 74 valence electrons. The maximum Gasteiger partial charge on any atom is 0.335 e. The van der Waals surface area contributed by atoms with Gasteiger partial charge in [-0.3, -0.25) is 0 Å². The highest BCUT2D eigenvalue weighted by Gasteiger charge is 2.25. The van der Waals surface area contributed by atoms with Crippen LogP contribution < -0.4 is 0 Å². The minimum absolute atomic E-state index is 0.292. The second-order valence-corrected chi connectivity index (χ2v) is 3.30. The van der Waals surface area contributed by atoms with Crippen molar-refractivity contribution in [3.63, 3.8) is 0 Å². The van der Waals surface area contributed by atoms with Gasteiger partial charge in [-0.15, -0.1) is 0 Å². The first kappa shape index (κ1) is 9.21. The number of benzene rings is 1. The van der Waals surface area contributed by atoms with E-state index in [0.29, 0.717) is 13.0 Å². The number of esters is 1. The van der Waals surface area contributed by atoms with Gasteiger partial charge >= 0.3 is 5.97 Å². The zero-order chi connectivity index (χ0) is 9.97. The van der Waals surface area contributed by atoms with Gasteiger partial charge in [0.25, 0.3) is 0 Å². The molecule has 0 fully saturated rings. The Labute approximate surface area is 82.6 Å². The van der Waals surface area contributed by atoms with Crippen molar-refractivity contribution < 1.29 is 14.3 Å². The van der Waals surface area contributed by atoms with Crippen molar-refractivity contribution in [1.82, 2.24) is 0 Å². The molecule has 14 heavy (non-hydrogen) atoms. The van der Waals surface area contributed by atoms with Crippen LogP contribution in [0.25, 0.3) is 0 Å². The number of fused-ring (bicyclic) bond motifs is 1. The topological polar surface area (TPSA) is 35.5 Å². The predicted molar refractivity (Wildman–Crippen MR) is 50.7 cm³/mol. The van der Waals surface area contributed by atoms with Crippen LogP contribution in [0.4, 0.5) is 0 Å². The number of carbonyl (C=O) groups excluding carboxylic acids is 1. The largest absolute Gasteiger partial charge is 0.467 e. The van der Waals surface area contributed by atoms with E-state index in [1.54, 1.807) is 0 Å². The molecule has 0 saturated heterocycles. The van der Waals surface area contributed by atoms with E-state index >= 15 is 0 Å². The molecule has 2 rings (SSSR count). The van der Waals surface area contributed by atoms with Crippen LogP contribution in [0, 0.1) is 0 Å². The van der Waals surface area contributed by atoms with Gasteiger partial charge in [-0.05, 0) is 11.1 Å². The second kappa shape index (κ2) is 3.80. The molecule has 1 aromatic rings. The van der Waals surface area contributed by atoms with Crippen LogP contribution in [0.5, 0.6) is 0 Å². The van der Waals surface area contributed by atoms with Gasteiger partial charge < -0.3 is 9.47 Å². The lowest BCUT2D eigenvalue weighted by molar-refractivity contribution is -0.155. The molecule has 0 aromatic heterocycles. The first-order valence-electron chi connectivity index (χ1n) is 4.57. The summed E-state index contributed by atoms with van der Waals surface area (Å²) < 4.78 is 10.0. The molecule has 1 aliphatic heterocycles. The molecule has 1 aliphatic rings.